The number of likely N-dealkylation sites (N-methyl/N-ethyl adjacent to an activating group) is 3. The van der Waals surface area contributed by atoms with Gasteiger partial charge in [-0.3, -0.25) is 14.8 Å². The van der Waals surface area contributed by atoms with Crippen LogP contribution in [-0.4, -0.2) is 151 Å². The molecular formula is C45H92N6O3. The number of hydrogen-bond acceptors (Lipinski definition) is 8. The molecule has 0 heterocycles. The molecule has 0 aromatic carbocycles. The highest BCUT2D eigenvalue weighted by Gasteiger charge is 2.22. The molecule has 54 heavy (non-hydrogen) atoms. The molecule has 0 saturated heterocycles. The van der Waals surface area contributed by atoms with Gasteiger partial charge in [-0.1, -0.05) is 97.1 Å². The molecule has 0 bridgehead atoms. The average molecular weight is 765 g/mol. The molecule has 9 nitrogen and oxygen atoms in total. The third kappa shape index (κ3) is 35.2. The van der Waals surface area contributed by atoms with E-state index in [1.54, 1.807) is 21.3 Å². The predicted molar refractivity (Wildman–Crippen MR) is 244 cm³/mol. The molecule has 2 atom stereocenters. The number of nitrogens with one attached hydrogen (secondary N) is 1. The first-order valence-electron chi connectivity index (χ1n) is 20.5. The quantitative estimate of drug-likeness (QED) is 0.0521. The van der Waals surface area contributed by atoms with Gasteiger partial charge >= 0.3 is 0 Å². The van der Waals surface area contributed by atoms with E-state index in [4.69, 9.17) is 14.8 Å². The van der Waals surface area contributed by atoms with Gasteiger partial charge in [0, 0.05) is 60.1 Å². The topological polar surface area (TPSA) is 76.0 Å². The fraction of sp³-hybridized carbons (Fsp3) is 0.711. The van der Waals surface area contributed by atoms with Gasteiger partial charge in [0.15, 0.2) is 0 Å². The maximum Gasteiger partial charge on any atom is 0.115 e. The smallest absolute Gasteiger partial charge is 0.115 e. The van der Waals surface area contributed by atoms with Gasteiger partial charge in [-0.05, 0) is 105 Å². The van der Waals surface area contributed by atoms with Crippen molar-refractivity contribution < 1.29 is 14.6 Å². The Morgan fingerprint density at radius 3 is 1.93 bits per heavy atom. The monoisotopic (exact) mass is 765 g/mol. The number of aliphatic hydroxyl groups is 1. The third-order valence-corrected chi connectivity index (χ3v) is 7.79. The second-order valence-corrected chi connectivity index (χ2v) is 12.1. The molecule has 0 aromatic heterocycles. The lowest BCUT2D eigenvalue weighted by Crippen LogP contribution is -2.48. The zero-order chi connectivity index (χ0) is 42.6. The molecule has 0 spiro atoms. The maximum atomic E-state index is 7.00. The summed E-state index contributed by atoms with van der Waals surface area (Å²) in [4.78, 5) is 15.2. The largest absolute Gasteiger partial charge is 0.497 e. The molecule has 0 saturated carbocycles. The van der Waals surface area contributed by atoms with Crippen LogP contribution in [0, 0.1) is 0 Å². The van der Waals surface area contributed by atoms with Crippen LogP contribution in [0.15, 0.2) is 77.1 Å². The summed E-state index contributed by atoms with van der Waals surface area (Å²) in [6.07, 6.45) is 24.9. The number of ether oxygens (including phenoxy) is 2. The van der Waals surface area contributed by atoms with Crippen LogP contribution in [0.1, 0.15) is 95.4 Å². The van der Waals surface area contributed by atoms with Crippen molar-refractivity contribution in [3.05, 3.63) is 72.1 Å². The highest BCUT2D eigenvalue weighted by atomic mass is 16.5. The van der Waals surface area contributed by atoms with Crippen LogP contribution in [0.25, 0.3) is 0 Å². The third-order valence-electron chi connectivity index (χ3n) is 7.79. The van der Waals surface area contributed by atoms with E-state index in [-0.39, 0.29) is 6.04 Å². The van der Waals surface area contributed by atoms with Gasteiger partial charge in [0.2, 0.25) is 0 Å². The van der Waals surface area contributed by atoms with E-state index in [1.165, 1.54) is 12.0 Å². The number of methoxy groups -OCH3 is 2. The van der Waals surface area contributed by atoms with E-state index in [9.17, 15) is 0 Å². The Balaban J connectivity index is -0.000000541. The number of aliphatic imine (C=N–C) groups is 1. The molecule has 2 N–H and O–H groups in total. The molecule has 0 radical (unpaired) electrons. The molecule has 0 aromatic rings. The lowest BCUT2D eigenvalue weighted by molar-refractivity contribution is 0.157. The molecule has 2 unspecified atom stereocenters. The summed E-state index contributed by atoms with van der Waals surface area (Å²) in [7, 11) is 12.4. The minimum Gasteiger partial charge on any atom is -0.497 e. The maximum absolute atomic E-state index is 7.00. The summed E-state index contributed by atoms with van der Waals surface area (Å²) < 4.78 is 9.74. The molecule has 1 aliphatic rings. The normalized spacial score (nSPS) is 13.6. The van der Waals surface area contributed by atoms with E-state index >= 15 is 0 Å². The summed E-state index contributed by atoms with van der Waals surface area (Å²) in [5, 5.41) is 9.93. The first-order chi connectivity index (χ1) is 26.2. The second-order valence-electron chi connectivity index (χ2n) is 12.1. The summed E-state index contributed by atoms with van der Waals surface area (Å²) >= 11 is 0. The Bertz CT molecular complexity index is 960. The number of allylic oxidation sites excluding steroid dienone is 6. The summed E-state index contributed by atoms with van der Waals surface area (Å²) in [6.45, 7) is 32.1. The lowest BCUT2D eigenvalue weighted by atomic mass is 10.1. The van der Waals surface area contributed by atoms with Crippen molar-refractivity contribution in [1.29, 1.82) is 0 Å². The van der Waals surface area contributed by atoms with Crippen LogP contribution < -0.4 is 5.32 Å². The minimum absolute atomic E-state index is 0.130. The number of hydrogen-bond donors (Lipinski definition) is 2. The summed E-state index contributed by atoms with van der Waals surface area (Å²) in [5.74, 6) is 2.05. The summed E-state index contributed by atoms with van der Waals surface area (Å²) in [5.41, 5.74) is 1.28. The van der Waals surface area contributed by atoms with E-state index in [2.05, 4.69) is 153 Å². The average Bonchev–Trinajstić information content (AvgIpc) is 3.43. The highest BCUT2D eigenvalue weighted by molar-refractivity contribution is 5.85. The number of nitrogens with zero attached hydrogens (tertiary/aromatic N) is 5. The lowest BCUT2D eigenvalue weighted by Gasteiger charge is -2.36. The molecule has 1 aliphatic carbocycles. The van der Waals surface area contributed by atoms with Crippen molar-refractivity contribution in [2.45, 2.75) is 108 Å². The standard InChI is InChI=1S/C35H61N5O.C3H9N.C2H6O.2C2H6.CH4O/c1-10-15-16-24-36-35(30-38(8)28-31(6)39(14-5)27-26-37(7)25-13-4)40(33(18-11-2)19-12-3)29-32-20-17-21-34(41-9)23-22-32;1-3-4-2;1-3-2;3*1-2/h10-12,15,18-23,31,33H,13-14,16-17,24-30H2,1-9H3;4H,3H2,1-2H3;1-2H3;2*1-2H3;2H,1H3/b15-10-,18-11-,19-12?,36-35?;;;;;. The zero-order valence-corrected chi connectivity index (χ0v) is 38.9. The van der Waals surface area contributed by atoms with Crippen LogP contribution >= 0.6 is 0 Å². The Kier molecular flexibility index (Phi) is 54.5. The fourth-order valence-electron chi connectivity index (χ4n) is 5.17. The minimum atomic E-state index is 0.130. The van der Waals surface area contributed by atoms with Gasteiger partial charge in [-0.25, -0.2) is 0 Å². The highest BCUT2D eigenvalue weighted by Crippen LogP contribution is 2.17. The fourth-order valence-corrected chi connectivity index (χ4v) is 5.17. The van der Waals surface area contributed by atoms with E-state index in [0.29, 0.717) is 6.04 Å². The molecular weight excluding hydrogens is 673 g/mol. The van der Waals surface area contributed by atoms with Crippen LogP contribution in [0.2, 0.25) is 0 Å². The van der Waals surface area contributed by atoms with Crippen molar-refractivity contribution in [3.63, 3.8) is 0 Å². The Hall–Kier alpha value is -2.53. The van der Waals surface area contributed by atoms with Crippen LogP contribution in [0.4, 0.5) is 0 Å². The SMILES string of the molecule is CC.CC.CC=CC(/C=C\C)N(CC1=CCC=C(OC)C=C1)C(CN(C)CC(C)N(CC)CCN(C)CCC)=NCC/C=C\C.CCNC.CO.COC. The molecule has 320 valence electrons. The first kappa shape index (κ1) is 60.7. The van der Waals surface area contributed by atoms with E-state index in [1.807, 2.05) is 34.7 Å². The van der Waals surface area contributed by atoms with Gasteiger partial charge in [-0.2, -0.15) is 0 Å². The van der Waals surface area contributed by atoms with Gasteiger partial charge in [0.25, 0.3) is 0 Å². The Morgan fingerprint density at radius 2 is 1.46 bits per heavy atom. The molecule has 9 heteroatoms. The van der Waals surface area contributed by atoms with Gasteiger partial charge < -0.3 is 29.7 Å². The Morgan fingerprint density at radius 1 is 0.889 bits per heavy atom. The first-order valence-corrected chi connectivity index (χ1v) is 20.5. The van der Waals surface area contributed by atoms with Crippen LogP contribution in [-0.2, 0) is 9.47 Å². The van der Waals surface area contributed by atoms with Gasteiger partial charge in [0.1, 0.15) is 11.6 Å². The van der Waals surface area contributed by atoms with Crippen molar-refractivity contribution in [2.75, 3.05) is 108 Å². The predicted octanol–water partition coefficient (Wildman–Crippen LogP) is 8.72. The van der Waals surface area contributed by atoms with Crippen LogP contribution in [0.5, 0.6) is 0 Å². The van der Waals surface area contributed by atoms with Crippen molar-refractivity contribution in [2.24, 2.45) is 4.99 Å². The van der Waals surface area contributed by atoms with E-state index < -0.39 is 0 Å². The van der Waals surface area contributed by atoms with Gasteiger partial charge in [0.05, 0.1) is 19.7 Å². The second kappa shape index (κ2) is 48.5. The van der Waals surface area contributed by atoms with E-state index in [0.717, 1.165) is 90.4 Å². The van der Waals surface area contributed by atoms with Gasteiger partial charge in [-0.15, -0.1) is 0 Å². The number of rotatable bonds is 21. The van der Waals surface area contributed by atoms with Crippen molar-refractivity contribution in [1.82, 2.24) is 24.9 Å². The molecule has 0 fully saturated rings. The molecule has 1 rings (SSSR count). The van der Waals surface area contributed by atoms with Crippen molar-refractivity contribution in [3.8, 4) is 0 Å². The molecule has 0 amide bonds. The van der Waals surface area contributed by atoms with Crippen molar-refractivity contribution >= 4 is 5.84 Å². The van der Waals surface area contributed by atoms with Crippen LogP contribution in [0.3, 0.4) is 0 Å². The Labute approximate surface area is 337 Å². The number of amidine groups is 1. The number of aliphatic hydroxyl groups excluding tert-OH is 1. The zero-order valence-electron chi connectivity index (χ0n) is 38.9. The molecule has 0 aliphatic heterocycles. The summed E-state index contributed by atoms with van der Waals surface area (Å²) in [6, 6.07) is 0.593.